The quantitative estimate of drug-likeness (QED) is 0.261. The highest BCUT2D eigenvalue weighted by molar-refractivity contribution is 7.92. The molecule has 41 heavy (non-hydrogen) atoms. The average Bonchev–Trinajstić information content (AvgIpc) is 2.94. The standard InChI is InChI=1S/C31H37ClFN3O4S/c1-4-23(2)34-31(38)29(21-24-11-6-5-7-12-24)35(22-25-13-8-9-14-28(25)32)30(37)15-10-20-36(41(3,39)40)27-18-16-26(33)17-19-27/h5-9,11-14,16-19,23,29H,4,10,15,20-22H2,1-3H3,(H,34,38). The second-order valence-electron chi connectivity index (χ2n) is 10.1. The van der Waals surface area contributed by atoms with Gasteiger partial charge < -0.3 is 10.2 Å². The molecule has 7 nitrogen and oxygen atoms in total. The molecule has 0 heterocycles. The van der Waals surface area contributed by atoms with E-state index in [-0.39, 0.29) is 43.8 Å². The molecule has 0 bridgehead atoms. The van der Waals surface area contributed by atoms with E-state index in [9.17, 15) is 22.4 Å². The molecule has 0 radical (unpaired) electrons. The topological polar surface area (TPSA) is 86.8 Å². The van der Waals surface area contributed by atoms with Crippen LogP contribution in [0.1, 0.15) is 44.2 Å². The number of anilines is 1. The Morgan fingerprint density at radius 1 is 0.976 bits per heavy atom. The predicted molar refractivity (Wildman–Crippen MR) is 162 cm³/mol. The zero-order valence-electron chi connectivity index (χ0n) is 23.6. The van der Waals surface area contributed by atoms with Crippen molar-refractivity contribution in [1.82, 2.24) is 10.2 Å². The third-order valence-electron chi connectivity index (χ3n) is 6.84. The van der Waals surface area contributed by atoms with Gasteiger partial charge in [-0.15, -0.1) is 0 Å². The number of halogens is 2. The number of sulfonamides is 1. The van der Waals surface area contributed by atoms with E-state index in [2.05, 4.69) is 5.32 Å². The highest BCUT2D eigenvalue weighted by Gasteiger charge is 2.31. The summed E-state index contributed by atoms with van der Waals surface area (Å²) >= 11 is 6.46. The van der Waals surface area contributed by atoms with Gasteiger partial charge in [0.1, 0.15) is 11.9 Å². The largest absolute Gasteiger partial charge is 0.352 e. The number of carbonyl (C=O) groups is 2. The maximum atomic E-state index is 13.8. The first-order chi connectivity index (χ1) is 19.5. The van der Waals surface area contributed by atoms with E-state index < -0.39 is 21.9 Å². The Morgan fingerprint density at radius 2 is 1.61 bits per heavy atom. The number of hydrogen-bond acceptors (Lipinski definition) is 4. The number of rotatable bonds is 14. The molecule has 0 spiro atoms. The minimum atomic E-state index is -3.69. The van der Waals surface area contributed by atoms with Crippen molar-refractivity contribution in [2.24, 2.45) is 0 Å². The molecule has 2 atom stereocenters. The number of hydrogen-bond donors (Lipinski definition) is 1. The molecule has 0 aliphatic heterocycles. The molecule has 10 heteroatoms. The lowest BCUT2D eigenvalue weighted by Gasteiger charge is -2.33. The van der Waals surface area contributed by atoms with Gasteiger partial charge in [-0.2, -0.15) is 0 Å². The molecule has 0 aromatic heterocycles. The number of benzene rings is 3. The fourth-order valence-corrected chi connectivity index (χ4v) is 5.58. The van der Waals surface area contributed by atoms with E-state index in [1.165, 1.54) is 29.2 Å². The van der Waals surface area contributed by atoms with Crippen LogP contribution in [0.2, 0.25) is 5.02 Å². The second kappa shape index (κ2) is 15.0. The van der Waals surface area contributed by atoms with Crippen molar-refractivity contribution in [2.45, 2.75) is 58.2 Å². The lowest BCUT2D eigenvalue weighted by molar-refractivity contribution is -0.141. The monoisotopic (exact) mass is 601 g/mol. The molecule has 3 rings (SSSR count). The van der Waals surface area contributed by atoms with Crippen LogP contribution in [0.15, 0.2) is 78.9 Å². The summed E-state index contributed by atoms with van der Waals surface area (Å²) in [5, 5.41) is 3.50. The summed E-state index contributed by atoms with van der Waals surface area (Å²) in [4.78, 5) is 29.0. The van der Waals surface area contributed by atoms with Crippen molar-refractivity contribution in [2.75, 3.05) is 17.1 Å². The molecule has 0 saturated carbocycles. The summed E-state index contributed by atoms with van der Waals surface area (Å²) in [6.07, 6.45) is 2.27. The molecule has 0 aliphatic carbocycles. The highest BCUT2D eigenvalue weighted by Crippen LogP contribution is 2.23. The number of nitrogens with one attached hydrogen (secondary N) is 1. The Hall–Kier alpha value is -3.43. The van der Waals surface area contributed by atoms with Gasteiger partial charge >= 0.3 is 0 Å². The lowest BCUT2D eigenvalue weighted by atomic mass is 10.0. The molecule has 2 amide bonds. The minimum absolute atomic E-state index is 0.0125. The number of carbonyl (C=O) groups excluding carboxylic acids is 2. The molecule has 0 fully saturated rings. The first-order valence-electron chi connectivity index (χ1n) is 13.6. The van der Waals surface area contributed by atoms with E-state index in [4.69, 9.17) is 11.6 Å². The Labute approximate surface area is 247 Å². The molecule has 0 aliphatic rings. The van der Waals surface area contributed by atoms with Gasteiger partial charge in [-0.1, -0.05) is 67.1 Å². The van der Waals surface area contributed by atoms with Crippen molar-refractivity contribution in [3.63, 3.8) is 0 Å². The van der Waals surface area contributed by atoms with Crippen LogP contribution in [0, 0.1) is 5.82 Å². The van der Waals surface area contributed by atoms with Crippen LogP contribution >= 0.6 is 11.6 Å². The normalized spacial score (nSPS) is 12.8. The Bertz CT molecular complexity index is 1400. The molecular formula is C31H37ClFN3O4S. The SMILES string of the molecule is CCC(C)NC(=O)C(Cc1ccccc1)N(Cc1ccccc1Cl)C(=O)CCCN(c1ccc(F)cc1)S(C)(=O)=O. The van der Waals surface area contributed by atoms with Gasteiger partial charge in [0.25, 0.3) is 0 Å². The summed E-state index contributed by atoms with van der Waals surface area (Å²) in [5.74, 6) is -1.06. The summed E-state index contributed by atoms with van der Waals surface area (Å²) in [5.41, 5.74) is 1.90. The fraction of sp³-hybridized carbons (Fsp3) is 0.355. The summed E-state index contributed by atoms with van der Waals surface area (Å²) in [6, 6.07) is 20.9. The Balaban J connectivity index is 1.89. The van der Waals surface area contributed by atoms with E-state index in [0.29, 0.717) is 22.7 Å². The molecule has 3 aromatic rings. The molecule has 1 N–H and O–H groups in total. The molecule has 3 aromatic carbocycles. The Morgan fingerprint density at radius 3 is 2.22 bits per heavy atom. The van der Waals surface area contributed by atoms with Crippen molar-refractivity contribution in [3.05, 3.63) is 101 Å². The van der Waals surface area contributed by atoms with Gasteiger partial charge in [0, 0.05) is 37.0 Å². The molecule has 220 valence electrons. The van der Waals surface area contributed by atoms with E-state index in [1.807, 2.05) is 56.3 Å². The predicted octanol–water partition coefficient (Wildman–Crippen LogP) is 5.58. The van der Waals surface area contributed by atoms with E-state index in [1.54, 1.807) is 12.1 Å². The van der Waals surface area contributed by atoms with Crippen LogP contribution < -0.4 is 9.62 Å². The van der Waals surface area contributed by atoms with Crippen LogP contribution in [-0.2, 0) is 32.6 Å². The molecule has 2 unspecified atom stereocenters. The van der Waals surface area contributed by atoms with Crippen molar-refractivity contribution < 1.29 is 22.4 Å². The Kier molecular flexibility index (Phi) is 11.7. The first-order valence-corrected chi connectivity index (χ1v) is 15.8. The fourth-order valence-electron chi connectivity index (χ4n) is 4.42. The van der Waals surface area contributed by atoms with Gasteiger partial charge in [0.2, 0.25) is 21.8 Å². The maximum absolute atomic E-state index is 13.8. The lowest BCUT2D eigenvalue weighted by Crippen LogP contribution is -2.52. The van der Waals surface area contributed by atoms with E-state index in [0.717, 1.165) is 22.5 Å². The third-order valence-corrected chi connectivity index (χ3v) is 8.40. The second-order valence-corrected chi connectivity index (χ2v) is 12.4. The molecule has 0 saturated heterocycles. The number of nitrogens with zero attached hydrogens (tertiary/aromatic N) is 2. The minimum Gasteiger partial charge on any atom is -0.352 e. The average molecular weight is 602 g/mol. The van der Waals surface area contributed by atoms with Gasteiger partial charge in [0.15, 0.2) is 0 Å². The van der Waals surface area contributed by atoms with Crippen LogP contribution in [0.25, 0.3) is 0 Å². The number of amides is 2. The van der Waals surface area contributed by atoms with Crippen LogP contribution in [0.3, 0.4) is 0 Å². The van der Waals surface area contributed by atoms with Gasteiger partial charge in [-0.3, -0.25) is 13.9 Å². The zero-order valence-corrected chi connectivity index (χ0v) is 25.2. The van der Waals surface area contributed by atoms with Gasteiger partial charge in [-0.05, 0) is 61.2 Å². The van der Waals surface area contributed by atoms with Crippen LogP contribution in [0.4, 0.5) is 10.1 Å². The maximum Gasteiger partial charge on any atom is 0.243 e. The highest BCUT2D eigenvalue weighted by atomic mass is 35.5. The van der Waals surface area contributed by atoms with Crippen molar-refractivity contribution in [3.8, 4) is 0 Å². The smallest absolute Gasteiger partial charge is 0.243 e. The van der Waals surface area contributed by atoms with E-state index >= 15 is 0 Å². The van der Waals surface area contributed by atoms with Crippen molar-refractivity contribution >= 4 is 39.1 Å². The summed E-state index contributed by atoms with van der Waals surface area (Å²) in [7, 11) is -3.69. The molecular weight excluding hydrogens is 565 g/mol. The first kappa shape index (κ1) is 32.1. The summed E-state index contributed by atoms with van der Waals surface area (Å²) < 4.78 is 39.6. The zero-order chi connectivity index (χ0) is 30.0. The van der Waals surface area contributed by atoms with Crippen LogP contribution in [-0.4, -0.2) is 50.0 Å². The van der Waals surface area contributed by atoms with Crippen molar-refractivity contribution in [1.29, 1.82) is 0 Å². The van der Waals surface area contributed by atoms with Gasteiger partial charge in [0.05, 0.1) is 11.9 Å². The van der Waals surface area contributed by atoms with Gasteiger partial charge in [-0.25, -0.2) is 12.8 Å². The van der Waals surface area contributed by atoms with Crippen LogP contribution in [0.5, 0.6) is 0 Å². The third kappa shape index (κ3) is 9.57. The summed E-state index contributed by atoms with van der Waals surface area (Å²) in [6.45, 7) is 4.00.